The number of Topliss-reactive ketones (excluding diaryl/α,β-unsaturated/α-hetero) is 1. The van der Waals surface area contributed by atoms with Crippen molar-refractivity contribution in [1.29, 1.82) is 0 Å². The Morgan fingerprint density at radius 2 is 1.88 bits per heavy atom. The number of benzene rings is 1. The summed E-state index contributed by atoms with van der Waals surface area (Å²) < 4.78 is 15.4. The van der Waals surface area contributed by atoms with E-state index in [2.05, 4.69) is 4.98 Å². The molecule has 0 bridgehead atoms. The summed E-state index contributed by atoms with van der Waals surface area (Å²) in [6.45, 7) is 8.42. The summed E-state index contributed by atoms with van der Waals surface area (Å²) >= 11 is 0. The lowest BCUT2D eigenvalue weighted by molar-refractivity contribution is 0.0588. The zero-order valence-electron chi connectivity index (χ0n) is 19.6. The number of nitrogens with one attached hydrogen (secondary N) is 1. The Bertz CT molecular complexity index is 965. The molecule has 2 rings (SSSR count). The first-order valence-corrected chi connectivity index (χ1v) is 10.6. The maximum absolute atomic E-state index is 13.5. The number of methoxy groups -OCH3 is 2. The van der Waals surface area contributed by atoms with Crippen LogP contribution in [0.4, 0.5) is 0 Å². The summed E-state index contributed by atoms with van der Waals surface area (Å²) in [5.74, 6) is -0.512. The van der Waals surface area contributed by atoms with Gasteiger partial charge in [-0.15, -0.1) is 0 Å². The molecule has 1 aromatic heterocycles. The van der Waals surface area contributed by atoms with Crippen LogP contribution >= 0.6 is 0 Å². The van der Waals surface area contributed by atoms with Crippen LogP contribution in [0, 0.1) is 13.8 Å². The lowest BCUT2D eigenvalue weighted by Gasteiger charge is -2.29. The number of carbonyl (C=O) groups is 3. The van der Waals surface area contributed by atoms with Crippen LogP contribution in [0.5, 0.6) is 5.75 Å². The molecular weight excluding hydrogens is 412 g/mol. The van der Waals surface area contributed by atoms with E-state index < -0.39 is 12.0 Å². The van der Waals surface area contributed by atoms with Crippen molar-refractivity contribution in [2.24, 2.45) is 0 Å². The standard InChI is InChI=1S/C24H32N2O6/c1-7-32-13-9-12-26(23(28)18-10-8-11-19(14-18)30-5)17(4)22(27)20-15(2)21(24(29)31-6)25-16(20)3/h8,10-11,14,17,25H,7,9,12-13H2,1-6H3/t17-/m1/s1. The number of ketones is 1. The van der Waals surface area contributed by atoms with Gasteiger partial charge in [0.25, 0.3) is 5.91 Å². The third-order valence-electron chi connectivity index (χ3n) is 5.39. The molecule has 0 saturated heterocycles. The van der Waals surface area contributed by atoms with Crippen molar-refractivity contribution in [1.82, 2.24) is 9.88 Å². The molecule has 1 aromatic carbocycles. The number of carbonyl (C=O) groups excluding carboxylic acids is 3. The average molecular weight is 445 g/mol. The Kier molecular flexibility index (Phi) is 9.02. The van der Waals surface area contributed by atoms with Gasteiger partial charge in [0.05, 0.1) is 20.3 Å². The number of hydrogen-bond donors (Lipinski definition) is 1. The first-order valence-electron chi connectivity index (χ1n) is 10.6. The number of amides is 1. The highest BCUT2D eigenvalue weighted by Crippen LogP contribution is 2.23. The SMILES string of the molecule is CCOCCCN(C(=O)c1cccc(OC)c1)[C@H](C)C(=O)c1c(C)[nH]c(C(=O)OC)c1C. The maximum Gasteiger partial charge on any atom is 0.354 e. The summed E-state index contributed by atoms with van der Waals surface area (Å²) in [4.78, 5) is 43.4. The van der Waals surface area contributed by atoms with Crippen molar-refractivity contribution >= 4 is 17.7 Å². The average Bonchev–Trinajstić information content (AvgIpc) is 3.11. The molecule has 0 unspecified atom stereocenters. The van der Waals surface area contributed by atoms with Crippen LogP contribution in [-0.2, 0) is 9.47 Å². The second-order valence-corrected chi connectivity index (χ2v) is 7.44. The van der Waals surface area contributed by atoms with E-state index in [9.17, 15) is 14.4 Å². The van der Waals surface area contributed by atoms with E-state index >= 15 is 0 Å². The molecule has 0 aliphatic heterocycles. The van der Waals surface area contributed by atoms with Gasteiger partial charge in [0, 0.05) is 36.6 Å². The zero-order valence-corrected chi connectivity index (χ0v) is 19.6. The molecule has 32 heavy (non-hydrogen) atoms. The van der Waals surface area contributed by atoms with Crippen molar-refractivity contribution in [2.75, 3.05) is 34.0 Å². The Hall–Kier alpha value is -3.13. The second kappa shape index (κ2) is 11.5. The minimum Gasteiger partial charge on any atom is -0.497 e. The van der Waals surface area contributed by atoms with Gasteiger partial charge >= 0.3 is 5.97 Å². The van der Waals surface area contributed by atoms with Gasteiger partial charge in [-0.05, 0) is 57.9 Å². The van der Waals surface area contributed by atoms with E-state index in [0.717, 1.165) is 0 Å². The Balaban J connectivity index is 2.38. The summed E-state index contributed by atoms with van der Waals surface area (Å²) in [5, 5.41) is 0. The van der Waals surface area contributed by atoms with Crippen molar-refractivity contribution in [3.05, 3.63) is 52.3 Å². The molecule has 8 nitrogen and oxygen atoms in total. The van der Waals surface area contributed by atoms with Gasteiger partial charge in [-0.25, -0.2) is 4.79 Å². The fraction of sp³-hybridized carbons (Fsp3) is 0.458. The van der Waals surface area contributed by atoms with Crippen LogP contribution in [0.1, 0.15) is 62.7 Å². The quantitative estimate of drug-likeness (QED) is 0.323. The summed E-state index contributed by atoms with van der Waals surface area (Å²) in [6, 6.07) is 6.08. The van der Waals surface area contributed by atoms with Gasteiger partial charge in [0.2, 0.25) is 0 Å². The highest BCUT2D eigenvalue weighted by molar-refractivity contribution is 6.07. The number of rotatable bonds is 11. The van der Waals surface area contributed by atoms with Crippen molar-refractivity contribution in [2.45, 2.75) is 40.2 Å². The van der Waals surface area contributed by atoms with Crippen LogP contribution in [0.25, 0.3) is 0 Å². The number of aromatic amines is 1. The first-order chi connectivity index (χ1) is 15.3. The van der Waals surface area contributed by atoms with Crippen molar-refractivity contribution in [3.8, 4) is 5.75 Å². The molecule has 0 saturated carbocycles. The number of aryl methyl sites for hydroxylation is 1. The smallest absolute Gasteiger partial charge is 0.354 e. The fourth-order valence-corrected chi connectivity index (χ4v) is 3.65. The van der Waals surface area contributed by atoms with E-state index in [4.69, 9.17) is 14.2 Å². The van der Waals surface area contributed by atoms with Gasteiger partial charge in [0.15, 0.2) is 5.78 Å². The molecule has 1 atom stereocenters. The van der Waals surface area contributed by atoms with Gasteiger partial charge in [-0.1, -0.05) is 6.07 Å². The molecule has 8 heteroatoms. The van der Waals surface area contributed by atoms with Crippen molar-refractivity contribution < 1.29 is 28.6 Å². The van der Waals surface area contributed by atoms with E-state index in [0.29, 0.717) is 54.3 Å². The Morgan fingerprint density at radius 3 is 2.50 bits per heavy atom. The third kappa shape index (κ3) is 5.56. The van der Waals surface area contributed by atoms with E-state index in [1.165, 1.54) is 14.2 Å². The van der Waals surface area contributed by atoms with Crippen LogP contribution in [-0.4, -0.2) is 67.6 Å². The fourth-order valence-electron chi connectivity index (χ4n) is 3.65. The van der Waals surface area contributed by atoms with Crippen LogP contribution < -0.4 is 4.74 Å². The van der Waals surface area contributed by atoms with Gasteiger partial charge in [0.1, 0.15) is 11.4 Å². The van der Waals surface area contributed by atoms with E-state index in [1.54, 1.807) is 49.9 Å². The molecule has 174 valence electrons. The normalized spacial score (nSPS) is 11.7. The van der Waals surface area contributed by atoms with Gasteiger partial charge in [-0.2, -0.15) is 0 Å². The topological polar surface area (TPSA) is 97.9 Å². The summed E-state index contributed by atoms with van der Waals surface area (Å²) in [5.41, 5.74) is 2.13. The van der Waals surface area contributed by atoms with E-state index in [-0.39, 0.29) is 17.4 Å². The molecule has 0 fully saturated rings. The number of ether oxygens (including phenoxy) is 3. The minimum atomic E-state index is -0.756. The minimum absolute atomic E-state index is 0.238. The van der Waals surface area contributed by atoms with Gasteiger partial charge in [-0.3, -0.25) is 9.59 Å². The summed E-state index contributed by atoms with van der Waals surface area (Å²) in [7, 11) is 2.82. The predicted octanol–water partition coefficient (Wildman–Crippen LogP) is 3.57. The molecule has 0 radical (unpaired) electrons. The van der Waals surface area contributed by atoms with Crippen LogP contribution in [0.15, 0.2) is 24.3 Å². The number of aromatic nitrogens is 1. The van der Waals surface area contributed by atoms with Crippen molar-refractivity contribution in [3.63, 3.8) is 0 Å². The van der Waals surface area contributed by atoms with Crippen LogP contribution in [0.2, 0.25) is 0 Å². The molecule has 0 aliphatic rings. The predicted molar refractivity (Wildman–Crippen MR) is 121 cm³/mol. The molecule has 1 N–H and O–H groups in total. The molecule has 0 aliphatic carbocycles. The number of H-pyrrole nitrogens is 1. The molecule has 2 aromatic rings. The van der Waals surface area contributed by atoms with Gasteiger partial charge < -0.3 is 24.1 Å². The third-order valence-corrected chi connectivity index (χ3v) is 5.39. The second-order valence-electron chi connectivity index (χ2n) is 7.44. The molecular formula is C24H32N2O6. The molecule has 1 heterocycles. The number of esters is 1. The Morgan fingerprint density at radius 1 is 1.16 bits per heavy atom. The number of nitrogens with zero attached hydrogens (tertiary/aromatic N) is 1. The first kappa shape index (κ1) is 25.1. The number of hydrogen-bond acceptors (Lipinski definition) is 6. The lowest BCUT2D eigenvalue weighted by atomic mass is 9.99. The van der Waals surface area contributed by atoms with E-state index in [1.807, 2.05) is 6.92 Å². The monoisotopic (exact) mass is 444 g/mol. The highest BCUT2D eigenvalue weighted by Gasteiger charge is 2.31. The lowest BCUT2D eigenvalue weighted by Crippen LogP contribution is -2.44. The largest absolute Gasteiger partial charge is 0.497 e. The Labute approximate surface area is 188 Å². The highest BCUT2D eigenvalue weighted by atomic mass is 16.5. The maximum atomic E-state index is 13.5. The zero-order chi connectivity index (χ0) is 23.8. The van der Waals surface area contributed by atoms with Crippen LogP contribution in [0.3, 0.4) is 0 Å². The summed E-state index contributed by atoms with van der Waals surface area (Å²) in [6.07, 6.45) is 0.583. The molecule has 1 amide bonds. The molecule has 0 spiro atoms.